The average Bonchev–Trinajstić information content (AvgIpc) is 2.59. The van der Waals surface area contributed by atoms with Gasteiger partial charge in [0.15, 0.2) is 0 Å². The number of nitrogens with one attached hydrogen (secondary N) is 1. The van der Waals surface area contributed by atoms with Crippen LogP contribution in [0.3, 0.4) is 0 Å². The lowest BCUT2D eigenvalue weighted by Gasteiger charge is -2.21. The molecule has 1 aromatic heterocycles. The van der Waals surface area contributed by atoms with Gasteiger partial charge in [-0.25, -0.2) is 0 Å². The molecule has 2 rings (SSSR count). The van der Waals surface area contributed by atoms with Crippen LogP contribution in [0.1, 0.15) is 25.8 Å². The molecule has 0 saturated carbocycles. The molecule has 2 aromatic rings. The van der Waals surface area contributed by atoms with Crippen LogP contribution < -0.4 is 0 Å². The number of fused-ring (bicyclic) bond motifs is 1. The van der Waals surface area contributed by atoms with E-state index in [2.05, 4.69) is 11.1 Å². The fraction of sp³-hybridized carbons (Fsp3) is 0.357. The van der Waals surface area contributed by atoms with Gasteiger partial charge in [-0.2, -0.15) is 0 Å². The van der Waals surface area contributed by atoms with Crippen LogP contribution in [0.15, 0.2) is 30.5 Å². The van der Waals surface area contributed by atoms with Gasteiger partial charge in [-0.3, -0.25) is 4.79 Å². The van der Waals surface area contributed by atoms with Crippen LogP contribution in [0.2, 0.25) is 0 Å². The summed E-state index contributed by atoms with van der Waals surface area (Å²) in [7, 11) is 0. The number of rotatable bonds is 4. The number of H-pyrrole nitrogens is 1. The van der Waals surface area contributed by atoms with Gasteiger partial charge in [-0.1, -0.05) is 32.0 Å². The van der Waals surface area contributed by atoms with Crippen molar-refractivity contribution in [3.63, 3.8) is 0 Å². The number of carboxylic acid groups (broad SMARTS) is 1. The van der Waals surface area contributed by atoms with Crippen molar-refractivity contribution in [3.8, 4) is 0 Å². The molecular weight excluding hydrogens is 214 g/mol. The molecular formula is C14H17NO2. The number of carboxylic acids is 1. The van der Waals surface area contributed by atoms with Gasteiger partial charge in [0.1, 0.15) is 0 Å². The van der Waals surface area contributed by atoms with Crippen molar-refractivity contribution < 1.29 is 9.90 Å². The number of carbonyl (C=O) groups is 1. The van der Waals surface area contributed by atoms with E-state index in [9.17, 15) is 4.79 Å². The monoisotopic (exact) mass is 231 g/mol. The fourth-order valence-electron chi connectivity index (χ4n) is 2.27. The van der Waals surface area contributed by atoms with Gasteiger partial charge in [0, 0.05) is 17.1 Å². The van der Waals surface area contributed by atoms with Crippen molar-refractivity contribution in [2.75, 3.05) is 0 Å². The standard InChI is InChI=1S/C14H17NO2/c1-14(2,8-13(16)17)7-10-9-15-12-6-4-3-5-11(10)12/h3-6,9,15H,7-8H2,1-2H3,(H,16,17). The highest BCUT2D eigenvalue weighted by Crippen LogP contribution is 2.29. The first-order chi connectivity index (χ1) is 7.98. The van der Waals surface area contributed by atoms with E-state index in [1.165, 1.54) is 10.9 Å². The zero-order valence-electron chi connectivity index (χ0n) is 10.2. The molecule has 0 aliphatic rings. The van der Waals surface area contributed by atoms with E-state index in [0.717, 1.165) is 11.9 Å². The molecule has 1 heterocycles. The highest BCUT2D eigenvalue weighted by molar-refractivity contribution is 5.83. The third-order valence-electron chi connectivity index (χ3n) is 2.97. The molecule has 0 unspecified atom stereocenters. The van der Waals surface area contributed by atoms with E-state index in [-0.39, 0.29) is 11.8 Å². The zero-order chi connectivity index (χ0) is 12.5. The Hall–Kier alpha value is -1.77. The lowest BCUT2D eigenvalue weighted by Crippen LogP contribution is -2.19. The first kappa shape index (κ1) is 11.7. The summed E-state index contributed by atoms with van der Waals surface area (Å²) in [5.74, 6) is -0.741. The van der Waals surface area contributed by atoms with Gasteiger partial charge in [0.2, 0.25) is 0 Å². The summed E-state index contributed by atoms with van der Waals surface area (Å²) in [6.07, 6.45) is 2.93. The minimum Gasteiger partial charge on any atom is -0.481 e. The quantitative estimate of drug-likeness (QED) is 0.848. The van der Waals surface area contributed by atoms with E-state index >= 15 is 0 Å². The summed E-state index contributed by atoms with van der Waals surface area (Å²) in [5, 5.41) is 10.1. The number of aliphatic carboxylic acids is 1. The second-order valence-corrected chi connectivity index (χ2v) is 5.27. The Morgan fingerprint density at radius 1 is 1.35 bits per heavy atom. The zero-order valence-corrected chi connectivity index (χ0v) is 10.2. The lowest BCUT2D eigenvalue weighted by atomic mass is 9.83. The topological polar surface area (TPSA) is 53.1 Å². The molecule has 1 aromatic carbocycles. The minimum absolute atomic E-state index is 0.187. The van der Waals surface area contributed by atoms with E-state index in [1.807, 2.05) is 38.2 Å². The Morgan fingerprint density at radius 3 is 2.76 bits per heavy atom. The summed E-state index contributed by atoms with van der Waals surface area (Å²) >= 11 is 0. The predicted octanol–water partition coefficient (Wildman–Crippen LogP) is 3.21. The summed E-state index contributed by atoms with van der Waals surface area (Å²) in [6.45, 7) is 3.98. The first-order valence-electron chi connectivity index (χ1n) is 5.75. The Morgan fingerprint density at radius 2 is 2.06 bits per heavy atom. The third kappa shape index (κ3) is 2.67. The van der Waals surface area contributed by atoms with Crippen LogP contribution in [0, 0.1) is 5.41 Å². The van der Waals surface area contributed by atoms with Crippen molar-refractivity contribution in [1.82, 2.24) is 4.98 Å². The smallest absolute Gasteiger partial charge is 0.303 e. The van der Waals surface area contributed by atoms with E-state index < -0.39 is 5.97 Å². The van der Waals surface area contributed by atoms with Gasteiger partial charge in [-0.05, 0) is 23.5 Å². The molecule has 0 atom stereocenters. The fourth-order valence-corrected chi connectivity index (χ4v) is 2.27. The maximum atomic E-state index is 10.8. The second-order valence-electron chi connectivity index (χ2n) is 5.27. The van der Waals surface area contributed by atoms with Crippen molar-refractivity contribution >= 4 is 16.9 Å². The Bertz CT molecular complexity index is 540. The van der Waals surface area contributed by atoms with E-state index in [0.29, 0.717) is 0 Å². The van der Waals surface area contributed by atoms with Crippen LogP contribution in [0.25, 0.3) is 10.9 Å². The largest absolute Gasteiger partial charge is 0.481 e. The van der Waals surface area contributed by atoms with Crippen molar-refractivity contribution in [2.45, 2.75) is 26.7 Å². The number of hydrogen-bond acceptors (Lipinski definition) is 1. The van der Waals surface area contributed by atoms with Crippen LogP contribution >= 0.6 is 0 Å². The molecule has 0 bridgehead atoms. The molecule has 17 heavy (non-hydrogen) atoms. The van der Waals surface area contributed by atoms with Crippen molar-refractivity contribution in [1.29, 1.82) is 0 Å². The SMILES string of the molecule is CC(C)(CC(=O)O)Cc1c[nH]c2ccccc12. The minimum atomic E-state index is -0.741. The van der Waals surface area contributed by atoms with Crippen LogP contribution in [0.4, 0.5) is 0 Å². The second kappa shape index (κ2) is 4.24. The molecule has 0 aliphatic heterocycles. The van der Waals surface area contributed by atoms with Crippen LogP contribution in [-0.2, 0) is 11.2 Å². The number of aromatic nitrogens is 1. The van der Waals surface area contributed by atoms with Crippen molar-refractivity contribution in [2.24, 2.45) is 5.41 Å². The molecule has 0 spiro atoms. The maximum Gasteiger partial charge on any atom is 0.303 e. The predicted molar refractivity (Wildman–Crippen MR) is 68.0 cm³/mol. The number of aromatic amines is 1. The summed E-state index contributed by atoms with van der Waals surface area (Å²) in [4.78, 5) is 14.0. The molecule has 90 valence electrons. The molecule has 3 nitrogen and oxygen atoms in total. The third-order valence-corrected chi connectivity index (χ3v) is 2.97. The highest BCUT2D eigenvalue weighted by atomic mass is 16.4. The first-order valence-corrected chi connectivity index (χ1v) is 5.75. The number of hydrogen-bond donors (Lipinski definition) is 2. The Kier molecular flexibility index (Phi) is 2.92. The van der Waals surface area contributed by atoms with Gasteiger partial charge < -0.3 is 10.1 Å². The molecule has 0 saturated heterocycles. The van der Waals surface area contributed by atoms with Crippen LogP contribution in [0.5, 0.6) is 0 Å². The number of para-hydroxylation sites is 1. The molecule has 0 fully saturated rings. The van der Waals surface area contributed by atoms with E-state index in [1.54, 1.807) is 0 Å². The van der Waals surface area contributed by atoms with Gasteiger partial charge in [-0.15, -0.1) is 0 Å². The van der Waals surface area contributed by atoms with Gasteiger partial charge in [0.25, 0.3) is 0 Å². The maximum absolute atomic E-state index is 10.8. The molecule has 0 aliphatic carbocycles. The van der Waals surface area contributed by atoms with E-state index in [4.69, 9.17) is 5.11 Å². The molecule has 2 N–H and O–H groups in total. The Labute approximate surface area is 100 Å². The number of benzene rings is 1. The van der Waals surface area contributed by atoms with Gasteiger partial charge in [0.05, 0.1) is 6.42 Å². The van der Waals surface area contributed by atoms with Crippen molar-refractivity contribution in [3.05, 3.63) is 36.0 Å². The summed E-state index contributed by atoms with van der Waals surface area (Å²) in [6, 6.07) is 8.09. The Balaban J connectivity index is 2.26. The highest BCUT2D eigenvalue weighted by Gasteiger charge is 2.23. The molecule has 0 radical (unpaired) electrons. The van der Waals surface area contributed by atoms with Gasteiger partial charge >= 0.3 is 5.97 Å². The lowest BCUT2D eigenvalue weighted by molar-refractivity contribution is -0.139. The summed E-state index contributed by atoms with van der Waals surface area (Å²) in [5.41, 5.74) is 2.07. The summed E-state index contributed by atoms with van der Waals surface area (Å²) < 4.78 is 0. The molecule has 3 heteroatoms. The molecule has 0 amide bonds. The average molecular weight is 231 g/mol. The normalized spacial score (nSPS) is 11.9. The van der Waals surface area contributed by atoms with Crippen LogP contribution in [-0.4, -0.2) is 16.1 Å².